The van der Waals surface area contributed by atoms with E-state index in [2.05, 4.69) is 15.7 Å². The van der Waals surface area contributed by atoms with Crippen molar-refractivity contribution in [2.75, 3.05) is 24.9 Å². The molecule has 0 atom stereocenters. The van der Waals surface area contributed by atoms with Crippen LogP contribution in [0.2, 0.25) is 0 Å². The van der Waals surface area contributed by atoms with Crippen molar-refractivity contribution in [3.63, 3.8) is 0 Å². The third kappa shape index (κ3) is 4.62. The van der Waals surface area contributed by atoms with Gasteiger partial charge in [0, 0.05) is 24.4 Å². The molecular formula is C19H16F4N4O2S. The second kappa shape index (κ2) is 8.99. The summed E-state index contributed by atoms with van der Waals surface area (Å²) in [7, 11) is 3.02. The molecule has 0 aliphatic rings. The van der Waals surface area contributed by atoms with E-state index >= 15 is 0 Å². The van der Waals surface area contributed by atoms with Crippen LogP contribution in [0.25, 0.3) is 0 Å². The summed E-state index contributed by atoms with van der Waals surface area (Å²) in [5.74, 6) is -4.56. The zero-order chi connectivity index (χ0) is 21.8. The van der Waals surface area contributed by atoms with Crippen molar-refractivity contribution in [2.24, 2.45) is 0 Å². The zero-order valence-corrected chi connectivity index (χ0v) is 16.6. The van der Waals surface area contributed by atoms with Crippen molar-refractivity contribution >= 4 is 28.8 Å². The molecule has 158 valence electrons. The number of halogens is 4. The molecule has 1 aromatic heterocycles. The quantitative estimate of drug-likeness (QED) is 0.338. The topological polar surface area (TPSA) is 60.3 Å². The van der Waals surface area contributed by atoms with Crippen LogP contribution < -0.4 is 20.1 Å². The Morgan fingerprint density at radius 3 is 2.33 bits per heavy atom. The van der Waals surface area contributed by atoms with Crippen LogP contribution >= 0.6 is 12.2 Å². The number of hydrogen-bond acceptors (Lipinski definition) is 4. The van der Waals surface area contributed by atoms with Crippen LogP contribution in [0.1, 0.15) is 5.56 Å². The molecule has 0 saturated carbocycles. The molecule has 2 N–H and O–H groups in total. The van der Waals surface area contributed by atoms with Gasteiger partial charge in [-0.3, -0.25) is 4.68 Å². The molecule has 0 fully saturated rings. The molecule has 11 heteroatoms. The second-order valence-corrected chi connectivity index (χ2v) is 6.40. The maximum atomic E-state index is 13.8. The van der Waals surface area contributed by atoms with E-state index in [9.17, 15) is 17.6 Å². The molecule has 3 aromatic rings. The number of rotatable bonds is 6. The number of anilines is 2. The average molecular weight is 440 g/mol. The maximum Gasteiger partial charge on any atom is 0.176 e. The normalized spacial score (nSPS) is 10.6. The van der Waals surface area contributed by atoms with Gasteiger partial charge in [-0.15, -0.1) is 0 Å². The van der Waals surface area contributed by atoms with Gasteiger partial charge in [0.15, 0.2) is 34.2 Å². The average Bonchev–Trinajstić information content (AvgIpc) is 3.16. The molecule has 0 saturated heterocycles. The summed E-state index contributed by atoms with van der Waals surface area (Å²) < 4.78 is 65.9. The first-order valence-corrected chi connectivity index (χ1v) is 8.88. The fraction of sp³-hybridized carbons (Fsp3) is 0.158. The largest absolute Gasteiger partial charge is 0.497 e. The van der Waals surface area contributed by atoms with E-state index in [1.54, 1.807) is 18.2 Å². The smallest absolute Gasteiger partial charge is 0.176 e. The van der Waals surface area contributed by atoms with E-state index < -0.39 is 35.4 Å². The lowest BCUT2D eigenvalue weighted by Crippen LogP contribution is -2.20. The minimum absolute atomic E-state index is 0.155. The first kappa shape index (κ1) is 21.4. The molecule has 0 amide bonds. The molecule has 6 nitrogen and oxygen atoms in total. The minimum Gasteiger partial charge on any atom is -0.497 e. The minimum atomic E-state index is -1.48. The van der Waals surface area contributed by atoms with Gasteiger partial charge in [0.25, 0.3) is 0 Å². The Morgan fingerprint density at radius 1 is 1.00 bits per heavy atom. The van der Waals surface area contributed by atoms with Crippen LogP contribution in [0, 0.1) is 23.3 Å². The molecule has 0 aliphatic carbocycles. The predicted molar refractivity (Wildman–Crippen MR) is 107 cm³/mol. The third-order valence-electron chi connectivity index (χ3n) is 4.06. The Bertz CT molecular complexity index is 1060. The molecule has 0 aliphatic heterocycles. The highest BCUT2D eigenvalue weighted by Crippen LogP contribution is 2.29. The molecule has 1 heterocycles. The lowest BCUT2D eigenvalue weighted by Gasteiger charge is -2.13. The van der Waals surface area contributed by atoms with Crippen LogP contribution in [0.4, 0.5) is 29.1 Å². The first-order chi connectivity index (χ1) is 14.3. The van der Waals surface area contributed by atoms with Gasteiger partial charge in [-0.05, 0) is 24.4 Å². The zero-order valence-electron chi connectivity index (χ0n) is 15.8. The van der Waals surface area contributed by atoms with Crippen LogP contribution in [0.3, 0.4) is 0 Å². The highest BCUT2D eigenvalue weighted by molar-refractivity contribution is 7.80. The molecule has 3 rings (SSSR count). The van der Waals surface area contributed by atoms with Gasteiger partial charge in [0.1, 0.15) is 11.5 Å². The monoisotopic (exact) mass is 440 g/mol. The molecule has 2 aromatic carbocycles. The summed E-state index contributed by atoms with van der Waals surface area (Å²) in [5.41, 5.74) is -0.208. The van der Waals surface area contributed by atoms with Gasteiger partial charge < -0.3 is 20.1 Å². The van der Waals surface area contributed by atoms with Crippen molar-refractivity contribution in [1.82, 2.24) is 9.78 Å². The van der Waals surface area contributed by atoms with Crippen molar-refractivity contribution in [3.8, 4) is 11.5 Å². The lowest BCUT2D eigenvalue weighted by molar-refractivity contribution is 0.395. The Kier molecular flexibility index (Phi) is 6.40. The van der Waals surface area contributed by atoms with Gasteiger partial charge in [-0.25, -0.2) is 17.6 Å². The maximum absolute atomic E-state index is 13.8. The van der Waals surface area contributed by atoms with E-state index in [-0.39, 0.29) is 17.0 Å². The summed E-state index contributed by atoms with van der Waals surface area (Å²) in [5, 5.41) is 9.93. The van der Waals surface area contributed by atoms with Crippen LogP contribution in [0.5, 0.6) is 11.5 Å². The number of nitrogens with zero attached hydrogens (tertiary/aromatic N) is 2. The molecule has 0 bridgehead atoms. The number of nitrogens with one attached hydrogen (secondary N) is 2. The first-order valence-electron chi connectivity index (χ1n) is 8.47. The second-order valence-electron chi connectivity index (χ2n) is 5.99. The van der Waals surface area contributed by atoms with E-state index in [1.165, 1.54) is 26.5 Å². The van der Waals surface area contributed by atoms with Gasteiger partial charge in [-0.1, -0.05) is 0 Å². The molecule has 0 radical (unpaired) electrons. The number of aromatic nitrogens is 2. The standard InChI is InChI=1S/C19H16F4N4O2S/c1-28-10-3-4-14(15(7-10)29-2)24-19(30)25-16-5-6-27(26-16)9-11-17(22)12(20)8-13(21)18(11)23/h3-8H,9H2,1-2H3,(H2,24,25,26,30). The third-order valence-corrected chi connectivity index (χ3v) is 4.27. The Morgan fingerprint density at radius 2 is 1.70 bits per heavy atom. The van der Waals surface area contributed by atoms with Crippen LogP contribution in [-0.2, 0) is 6.54 Å². The van der Waals surface area contributed by atoms with Crippen molar-refractivity contribution in [2.45, 2.75) is 6.54 Å². The van der Waals surface area contributed by atoms with Crippen molar-refractivity contribution < 1.29 is 27.0 Å². The van der Waals surface area contributed by atoms with E-state index in [1.807, 2.05) is 0 Å². The molecule has 30 heavy (non-hydrogen) atoms. The SMILES string of the molecule is COc1ccc(NC(=S)Nc2ccn(Cc3c(F)c(F)cc(F)c3F)n2)c(OC)c1. The number of methoxy groups -OCH3 is 2. The van der Waals surface area contributed by atoms with E-state index in [0.717, 1.165) is 4.68 Å². The van der Waals surface area contributed by atoms with Gasteiger partial charge >= 0.3 is 0 Å². The highest BCUT2D eigenvalue weighted by atomic mass is 32.1. The summed E-state index contributed by atoms with van der Waals surface area (Å²) in [6.07, 6.45) is 1.38. The van der Waals surface area contributed by atoms with Crippen LogP contribution in [-0.4, -0.2) is 29.1 Å². The fourth-order valence-electron chi connectivity index (χ4n) is 2.61. The van der Waals surface area contributed by atoms with E-state index in [0.29, 0.717) is 17.2 Å². The van der Waals surface area contributed by atoms with Crippen molar-refractivity contribution in [1.29, 1.82) is 0 Å². The Hall–Kier alpha value is -3.34. The highest BCUT2D eigenvalue weighted by Gasteiger charge is 2.19. The number of thiocarbonyl (C=S) groups is 1. The number of benzene rings is 2. The van der Waals surface area contributed by atoms with Gasteiger partial charge in [0.2, 0.25) is 0 Å². The van der Waals surface area contributed by atoms with E-state index in [4.69, 9.17) is 21.7 Å². The number of ether oxygens (including phenoxy) is 2. The molecular weight excluding hydrogens is 424 g/mol. The van der Waals surface area contributed by atoms with Gasteiger partial charge in [-0.2, -0.15) is 5.10 Å². The van der Waals surface area contributed by atoms with Gasteiger partial charge in [0.05, 0.1) is 32.0 Å². The Labute approximate surface area is 174 Å². The molecule has 0 spiro atoms. The van der Waals surface area contributed by atoms with Crippen LogP contribution in [0.15, 0.2) is 36.5 Å². The lowest BCUT2D eigenvalue weighted by atomic mass is 10.2. The Balaban J connectivity index is 1.70. The predicted octanol–water partition coefficient (Wildman–Crippen LogP) is 4.31. The summed E-state index contributed by atoms with van der Waals surface area (Å²) in [6.45, 7) is -0.513. The summed E-state index contributed by atoms with van der Waals surface area (Å²) in [6, 6.07) is 6.71. The fourth-order valence-corrected chi connectivity index (χ4v) is 2.83. The summed E-state index contributed by atoms with van der Waals surface area (Å²) >= 11 is 5.22. The molecule has 0 unspecified atom stereocenters. The number of hydrogen-bond donors (Lipinski definition) is 2. The van der Waals surface area contributed by atoms with Crippen molar-refractivity contribution in [3.05, 3.63) is 65.4 Å². The summed E-state index contributed by atoms with van der Waals surface area (Å²) in [4.78, 5) is 0.